The molecule has 3 atom stereocenters. The van der Waals surface area contributed by atoms with Crippen molar-refractivity contribution in [3.8, 4) is 0 Å². The first-order valence-corrected chi connectivity index (χ1v) is 7.13. The first-order chi connectivity index (χ1) is 8.24. The predicted molar refractivity (Wildman–Crippen MR) is 74.4 cm³/mol. The summed E-state index contributed by atoms with van der Waals surface area (Å²) >= 11 is 6.05. The fourth-order valence-electron chi connectivity index (χ4n) is 2.57. The quantitative estimate of drug-likeness (QED) is 0.781. The first-order valence-electron chi connectivity index (χ1n) is 6.76. The fraction of sp³-hybridized carbons (Fsp3) is 0.600. The van der Waals surface area contributed by atoms with Crippen molar-refractivity contribution < 1.29 is 0 Å². The van der Waals surface area contributed by atoms with Crippen LogP contribution >= 0.6 is 11.6 Å². The molecule has 1 aromatic rings. The van der Waals surface area contributed by atoms with Crippen molar-refractivity contribution in [2.24, 2.45) is 5.92 Å². The van der Waals surface area contributed by atoms with Gasteiger partial charge in [-0.15, -0.1) is 0 Å². The van der Waals surface area contributed by atoms with Gasteiger partial charge in [-0.1, -0.05) is 44.0 Å². The number of benzene rings is 1. The second-order valence-corrected chi connectivity index (χ2v) is 5.51. The monoisotopic (exact) mass is 251 g/mol. The minimum atomic E-state index is 0.459. The molecule has 2 rings (SSSR count). The molecular weight excluding hydrogens is 230 g/mol. The van der Waals surface area contributed by atoms with Gasteiger partial charge >= 0.3 is 0 Å². The van der Waals surface area contributed by atoms with Crippen LogP contribution in [0.5, 0.6) is 0 Å². The molecule has 17 heavy (non-hydrogen) atoms. The zero-order valence-electron chi connectivity index (χ0n) is 10.7. The van der Waals surface area contributed by atoms with E-state index in [9.17, 15) is 0 Å². The number of rotatable bonds is 6. The molecule has 1 nitrogen and oxygen atoms in total. The van der Waals surface area contributed by atoms with Crippen molar-refractivity contribution in [1.29, 1.82) is 0 Å². The van der Waals surface area contributed by atoms with Crippen LogP contribution in [0.15, 0.2) is 24.3 Å². The number of hydrogen-bond donors (Lipinski definition) is 1. The van der Waals surface area contributed by atoms with Gasteiger partial charge in [0, 0.05) is 17.1 Å². The Bertz CT molecular complexity index is 364. The fourth-order valence-corrected chi connectivity index (χ4v) is 2.77. The highest BCUT2D eigenvalue weighted by atomic mass is 35.5. The molecule has 1 fully saturated rings. The van der Waals surface area contributed by atoms with Crippen molar-refractivity contribution in [1.82, 2.24) is 5.32 Å². The predicted octanol–water partition coefficient (Wildman–Crippen LogP) is 4.57. The molecule has 1 aliphatic rings. The van der Waals surface area contributed by atoms with Gasteiger partial charge in [-0.3, -0.25) is 0 Å². The molecule has 2 heteroatoms. The maximum Gasteiger partial charge on any atom is 0.0409 e. The minimum absolute atomic E-state index is 0.459. The Kier molecular flexibility index (Phi) is 4.47. The molecule has 0 amide bonds. The lowest BCUT2D eigenvalue weighted by atomic mass is 10.0. The smallest absolute Gasteiger partial charge is 0.0409 e. The molecule has 0 aromatic heterocycles. The van der Waals surface area contributed by atoms with E-state index in [0.29, 0.717) is 6.04 Å². The van der Waals surface area contributed by atoms with E-state index >= 15 is 0 Å². The molecular formula is C15H22ClN. The van der Waals surface area contributed by atoms with Crippen LogP contribution in [-0.2, 0) is 0 Å². The Morgan fingerprint density at radius 1 is 1.41 bits per heavy atom. The van der Waals surface area contributed by atoms with E-state index in [1.54, 1.807) is 0 Å². The van der Waals surface area contributed by atoms with Gasteiger partial charge in [0.1, 0.15) is 0 Å². The van der Waals surface area contributed by atoms with Crippen LogP contribution in [0, 0.1) is 5.92 Å². The molecule has 94 valence electrons. The van der Waals surface area contributed by atoms with Crippen molar-refractivity contribution in [3.63, 3.8) is 0 Å². The third kappa shape index (κ3) is 3.46. The molecule has 1 saturated carbocycles. The van der Waals surface area contributed by atoms with Gasteiger partial charge in [0.25, 0.3) is 0 Å². The van der Waals surface area contributed by atoms with Gasteiger partial charge in [-0.25, -0.2) is 0 Å². The second kappa shape index (κ2) is 5.88. The van der Waals surface area contributed by atoms with Crippen LogP contribution in [0.25, 0.3) is 0 Å². The summed E-state index contributed by atoms with van der Waals surface area (Å²) in [5, 5.41) is 4.60. The number of halogens is 1. The third-order valence-electron chi connectivity index (χ3n) is 3.66. The minimum Gasteiger partial charge on any atom is -0.307 e. The lowest BCUT2D eigenvalue weighted by molar-refractivity contribution is 0.489. The highest BCUT2D eigenvalue weighted by molar-refractivity contribution is 6.30. The zero-order chi connectivity index (χ0) is 12.3. The Balaban J connectivity index is 1.93. The SMILES string of the molecule is CCCC1CC1NC(CC)c1cccc(Cl)c1. The lowest BCUT2D eigenvalue weighted by Crippen LogP contribution is -2.24. The highest BCUT2D eigenvalue weighted by Gasteiger charge is 2.37. The van der Waals surface area contributed by atoms with Crippen molar-refractivity contribution in [2.45, 2.75) is 51.6 Å². The molecule has 0 heterocycles. The average molecular weight is 252 g/mol. The second-order valence-electron chi connectivity index (χ2n) is 5.07. The molecule has 0 bridgehead atoms. The first kappa shape index (κ1) is 12.9. The summed E-state index contributed by atoms with van der Waals surface area (Å²) in [6, 6.07) is 9.43. The van der Waals surface area contributed by atoms with Gasteiger partial charge in [-0.05, 0) is 42.9 Å². The van der Waals surface area contributed by atoms with Gasteiger partial charge in [0.05, 0.1) is 0 Å². The summed E-state index contributed by atoms with van der Waals surface area (Å²) in [5.41, 5.74) is 1.32. The Hall–Kier alpha value is -0.530. The lowest BCUT2D eigenvalue weighted by Gasteiger charge is -2.18. The van der Waals surface area contributed by atoms with Crippen LogP contribution in [0.1, 0.15) is 51.1 Å². The van der Waals surface area contributed by atoms with E-state index < -0.39 is 0 Å². The van der Waals surface area contributed by atoms with Crippen LogP contribution in [0.3, 0.4) is 0 Å². The summed E-state index contributed by atoms with van der Waals surface area (Å²) < 4.78 is 0. The molecule has 0 saturated heterocycles. The maximum atomic E-state index is 6.05. The zero-order valence-corrected chi connectivity index (χ0v) is 11.5. The van der Waals surface area contributed by atoms with Crippen molar-refractivity contribution in [2.75, 3.05) is 0 Å². The molecule has 1 aromatic carbocycles. The van der Waals surface area contributed by atoms with E-state index in [4.69, 9.17) is 11.6 Å². The third-order valence-corrected chi connectivity index (χ3v) is 3.89. The van der Waals surface area contributed by atoms with Gasteiger partial charge < -0.3 is 5.32 Å². The molecule has 0 aliphatic heterocycles. The largest absolute Gasteiger partial charge is 0.307 e. The normalized spacial score (nSPS) is 24.6. The molecule has 3 unspecified atom stereocenters. The maximum absolute atomic E-state index is 6.05. The van der Waals surface area contributed by atoms with Crippen LogP contribution in [0.2, 0.25) is 5.02 Å². The van der Waals surface area contributed by atoms with E-state index in [2.05, 4.69) is 31.3 Å². The number of nitrogens with one attached hydrogen (secondary N) is 1. The van der Waals surface area contributed by atoms with Gasteiger partial charge in [0.15, 0.2) is 0 Å². The van der Waals surface area contributed by atoms with Crippen LogP contribution in [0.4, 0.5) is 0 Å². The summed E-state index contributed by atoms with van der Waals surface area (Å²) in [7, 11) is 0. The van der Waals surface area contributed by atoms with E-state index in [0.717, 1.165) is 23.4 Å². The van der Waals surface area contributed by atoms with Crippen LogP contribution in [-0.4, -0.2) is 6.04 Å². The van der Waals surface area contributed by atoms with E-state index in [1.807, 2.05) is 12.1 Å². The Morgan fingerprint density at radius 2 is 2.24 bits per heavy atom. The summed E-state index contributed by atoms with van der Waals surface area (Å²) in [6.45, 7) is 4.50. The molecule has 0 spiro atoms. The summed E-state index contributed by atoms with van der Waals surface area (Å²) in [6.07, 6.45) is 5.14. The van der Waals surface area contributed by atoms with Gasteiger partial charge in [-0.2, -0.15) is 0 Å². The average Bonchev–Trinajstić information content (AvgIpc) is 3.05. The highest BCUT2D eigenvalue weighted by Crippen LogP contribution is 2.37. The molecule has 1 aliphatic carbocycles. The Labute approximate surface area is 110 Å². The molecule has 0 radical (unpaired) electrons. The van der Waals surface area contributed by atoms with Crippen molar-refractivity contribution in [3.05, 3.63) is 34.9 Å². The van der Waals surface area contributed by atoms with Crippen molar-refractivity contribution >= 4 is 11.6 Å². The summed E-state index contributed by atoms with van der Waals surface area (Å²) in [5.74, 6) is 0.910. The Morgan fingerprint density at radius 3 is 2.88 bits per heavy atom. The van der Waals surface area contributed by atoms with E-state index in [-0.39, 0.29) is 0 Å². The summed E-state index contributed by atoms with van der Waals surface area (Å²) in [4.78, 5) is 0. The number of hydrogen-bond acceptors (Lipinski definition) is 1. The van der Waals surface area contributed by atoms with E-state index in [1.165, 1.54) is 24.8 Å². The molecule has 1 N–H and O–H groups in total. The van der Waals surface area contributed by atoms with Crippen LogP contribution < -0.4 is 5.32 Å². The van der Waals surface area contributed by atoms with Gasteiger partial charge in [0.2, 0.25) is 0 Å². The topological polar surface area (TPSA) is 12.0 Å². The standard InChI is InChI=1S/C15H22ClN/c1-3-6-11-10-15(11)17-14(4-2)12-7-5-8-13(16)9-12/h5,7-9,11,14-15,17H,3-4,6,10H2,1-2H3.